The minimum atomic E-state index is -1.86. The van der Waals surface area contributed by atoms with Gasteiger partial charge >= 0.3 is 0 Å². The van der Waals surface area contributed by atoms with Crippen LogP contribution >= 0.6 is 11.8 Å². The molecule has 4 aromatic carbocycles. The number of thioether (sulfide) groups is 1. The molecule has 34 N–H and O–H groups in total. The standard InChI is InChI=1S/C88H128N26O19S/c1-49(103-51(3)116)76(122)105-64(27-17-37-99-88(95)96)81(127)114-74(50(2)115)86(132)112-69(43-55-45-101-60-23-11-9-21-58(55)60)84(130)108-65(32-33-71(91)118)80(126)113-70(48-134-4)85(131)110-67(41-53-28-30-56(117)31-29-53)82(128)111-68(42-54-44-100-59-22-10-8-20-57(54)59)83(129)107-63(26-16-36-98-87(93)94)78(124)106-62(25-13-15-35-90)79(125)109-66(40-52-18-6-5-7-19-52)77(123)102-46-72(119)97-38-39-133-47-73(120)104-61(75(92)121)24-12-14-34-89/h5-11,18-23,28-31,44-45,49-50,61-70,74,100-101,115,117H,12-17,24-27,32-43,46-48,89-90H2,1-4H3,(H2,91,118)(H2,92,121)(H,97,119)(H,102,123)(H,103,116)(H,104,120)(H,105,122)(H,106,124)(H,107,129)(H,108,130)(H,109,125)(H,110,131)(H,111,128)(H,112,132)(H,113,126)(H,114,127)(H4,93,94,98)(H4,95,96,99)/t49-,50+,61+,62-,63-,64-,65-,66-,67-,68-,69-,70-,74-/m0/s1. The van der Waals surface area contributed by atoms with Crippen LogP contribution in [0.2, 0.25) is 0 Å². The first-order valence-corrected chi connectivity index (χ1v) is 45.3. The quantitative estimate of drug-likeness (QED) is 0.00966. The highest BCUT2D eigenvalue weighted by Crippen LogP contribution is 2.23. The van der Waals surface area contributed by atoms with Crippen molar-refractivity contribution in [3.05, 3.63) is 138 Å². The molecule has 0 saturated heterocycles. The lowest BCUT2D eigenvalue weighted by Crippen LogP contribution is -2.62. The van der Waals surface area contributed by atoms with Gasteiger partial charge in [-0.25, -0.2) is 0 Å². The minimum absolute atomic E-state index is 0.00719. The lowest BCUT2D eigenvalue weighted by atomic mass is 10.0. The van der Waals surface area contributed by atoms with E-state index in [2.05, 4.69) is 95.0 Å². The maximum absolute atomic E-state index is 15.5. The smallest absolute Gasteiger partial charge is 0.246 e. The van der Waals surface area contributed by atoms with Crippen LogP contribution in [-0.2, 0) is 107 Å². The van der Waals surface area contributed by atoms with Gasteiger partial charge in [0.2, 0.25) is 94.5 Å². The lowest BCUT2D eigenvalue weighted by molar-refractivity contribution is -0.137. The summed E-state index contributed by atoms with van der Waals surface area (Å²) in [5.74, 6) is -15.4. The Morgan fingerprint density at radius 3 is 1.30 bits per heavy atom. The lowest BCUT2D eigenvalue weighted by Gasteiger charge is -2.29. The fraction of sp³-hybridized carbons (Fsp3) is 0.477. The zero-order valence-corrected chi connectivity index (χ0v) is 76.2. The number of aromatic amines is 2. The number of hydrogen-bond acceptors (Lipinski definition) is 24. The first-order valence-electron chi connectivity index (χ1n) is 43.9. The van der Waals surface area contributed by atoms with E-state index in [-0.39, 0.29) is 121 Å². The molecule has 6 rings (SSSR count). The molecule has 0 bridgehead atoms. The largest absolute Gasteiger partial charge is 0.508 e. The van der Waals surface area contributed by atoms with E-state index in [0.717, 1.165) is 18.7 Å². The van der Waals surface area contributed by atoms with Crippen molar-refractivity contribution >= 4 is 140 Å². The van der Waals surface area contributed by atoms with Gasteiger partial charge in [-0.2, -0.15) is 11.8 Å². The summed E-state index contributed by atoms with van der Waals surface area (Å²) in [6.07, 6.45) is 2.70. The fourth-order valence-corrected chi connectivity index (χ4v) is 14.7. The number of aliphatic hydroxyl groups excluding tert-OH is 1. The number of unbranched alkanes of at least 4 members (excludes halogenated alkanes) is 2. The fourth-order valence-electron chi connectivity index (χ4n) is 14.1. The van der Waals surface area contributed by atoms with E-state index in [0.29, 0.717) is 69.9 Å². The summed E-state index contributed by atoms with van der Waals surface area (Å²) in [5, 5.41) is 80.0. The van der Waals surface area contributed by atoms with Crippen LogP contribution in [0.4, 0.5) is 0 Å². The topological polar surface area (TPSA) is 751 Å². The SMILES string of the molecule is CSC[C@H](NC(=O)[C@H](CCC(N)=O)NC(=O)[C@H](Cc1c[nH]c2ccccc12)NC(=O)[C@@H](NC(=O)[C@H](CCCNC(=N)N)NC(=O)[C@H](C)NC(C)=O)[C@@H](C)O)C(=O)N[C@@H](Cc1ccc(O)cc1)C(=O)N[C@@H](Cc1c[nH]c2ccccc12)C(=O)N[C@@H](CCCNC(=N)N)C(=O)N[C@@H](CCCCN)C(=O)N[C@@H](Cc1ccccc1)C(=O)NCC(=O)NCCOCC(=O)N[C@H](CCCCN)C(N)=O. The molecular weight excluding hydrogens is 1760 g/mol. The number of para-hydroxylation sites is 2. The Balaban J connectivity index is 1.28. The van der Waals surface area contributed by atoms with Gasteiger partial charge < -0.3 is 144 Å². The van der Waals surface area contributed by atoms with E-state index in [1.54, 1.807) is 97.5 Å². The van der Waals surface area contributed by atoms with Gasteiger partial charge in [0, 0.05) is 98.6 Å². The van der Waals surface area contributed by atoms with E-state index in [9.17, 15) is 63.0 Å². The van der Waals surface area contributed by atoms with Crippen molar-refractivity contribution in [1.82, 2.24) is 95.0 Å². The molecule has 16 amide bonds. The van der Waals surface area contributed by atoms with Crippen molar-refractivity contribution in [3.8, 4) is 5.75 Å². The zero-order valence-electron chi connectivity index (χ0n) is 75.4. The molecule has 0 fully saturated rings. The number of carbonyl (C=O) groups excluding carboxylic acids is 16. The Bertz CT molecular complexity index is 4960. The first kappa shape index (κ1) is 109. The predicted molar refractivity (Wildman–Crippen MR) is 499 cm³/mol. The van der Waals surface area contributed by atoms with Crippen LogP contribution in [0.25, 0.3) is 21.8 Å². The molecule has 6 aromatic rings. The maximum atomic E-state index is 15.5. The monoisotopic (exact) mass is 1880 g/mol. The van der Waals surface area contributed by atoms with Crippen LogP contribution in [-0.4, -0.2) is 270 Å². The Labute approximate surface area is 778 Å². The molecule has 0 unspecified atom stereocenters. The second-order valence-electron chi connectivity index (χ2n) is 32.0. The Hall–Kier alpha value is -14.0. The Kier molecular flexibility index (Phi) is 46.5. The second-order valence-corrected chi connectivity index (χ2v) is 32.9. The number of aliphatic hydroxyl groups is 1. The van der Waals surface area contributed by atoms with Gasteiger partial charge in [-0.05, 0) is 150 Å². The molecule has 134 heavy (non-hydrogen) atoms. The molecule has 13 atom stereocenters. The molecule has 0 radical (unpaired) electrons. The number of fused-ring (bicyclic) bond motifs is 2. The normalized spacial score (nSPS) is 14.0. The third-order valence-electron chi connectivity index (χ3n) is 21.2. The number of nitrogens with one attached hydrogen (secondary N) is 20. The van der Waals surface area contributed by atoms with Crippen molar-refractivity contribution in [3.63, 3.8) is 0 Å². The van der Waals surface area contributed by atoms with Crippen LogP contribution in [0.1, 0.15) is 120 Å². The number of phenolic OH excluding ortho intramolecular Hbond substituents is 1. The molecule has 2 aromatic heterocycles. The summed E-state index contributed by atoms with van der Waals surface area (Å²) in [4.78, 5) is 231. The van der Waals surface area contributed by atoms with Crippen LogP contribution in [0, 0.1) is 10.8 Å². The Morgan fingerprint density at radius 2 is 0.828 bits per heavy atom. The summed E-state index contributed by atoms with van der Waals surface area (Å²) in [6.45, 7) is 3.03. The van der Waals surface area contributed by atoms with Crippen LogP contribution in [0.5, 0.6) is 5.75 Å². The minimum Gasteiger partial charge on any atom is -0.508 e. The third kappa shape index (κ3) is 38.4. The highest BCUT2D eigenvalue weighted by molar-refractivity contribution is 7.98. The van der Waals surface area contributed by atoms with Gasteiger partial charge in [0.15, 0.2) is 11.9 Å². The average Bonchev–Trinajstić information content (AvgIpc) is 1.67. The molecule has 2 heterocycles. The van der Waals surface area contributed by atoms with Gasteiger partial charge in [0.25, 0.3) is 0 Å². The number of primary amides is 2. The van der Waals surface area contributed by atoms with Crippen LogP contribution in [0.3, 0.4) is 0 Å². The highest BCUT2D eigenvalue weighted by Gasteiger charge is 2.39. The number of aromatic hydroxyl groups is 1. The number of rotatable bonds is 61. The highest BCUT2D eigenvalue weighted by atomic mass is 32.2. The summed E-state index contributed by atoms with van der Waals surface area (Å²) in [5.41, 5.74) is 36.8. The van der Waals surface area contributed by atoms with E-state index in [1.165, 1.54) is 38.1 Å². The number of phenols is 1. The van der Waals surface area contributed by atoms with Gasteiger partial charge in [-0.15, -0.1) is 0 Å². The third-order valence-corrected chi connectivity index (χ3v) is 21.9. The van der Waals surface area contributed by atoms with Crippen molar-refractivity contribution in [1.29, 1.82) is 10.8 Å². The molecule has 45 nitrogen and oxygen atoms in total. The van der Waals surface area contributed by atoms with Crippen LogP contribution < -0.4 is 119 Å². The second kappa shape index (κ2) is 57.3. The van der Waals surface area contributed by atoms with E-state index >= 15 is 24.0 Å². The zero-order chi connectivity index (χ0) is 98.3. The average molecular weight is 1890 g/mol. The number of aromatic nitrogens is 2. The number of guanidine groups is 2. The first-order chi connectivity index (χ1) is 64.0. The molecule has 0 saturated carbocycles. The number of hydrogen-bond donors (Lipinski definition) is 28. The van der Waals surface area contributed by atoms with Crippen molar-refractivity contribution in [2.24, 2.45) is 34.4 Å². The van der Waals surface area contributed by atoms with Crippen molar-refractivity contribution in [2.45, 2.75) is 202 Å². The number of H-pyrrole nitrogens is 2. The van der Waals surface area contributed by atoms with Crippen molar-refractivity contribution < 1.29 is 91.7 Å². The molecule has 0 spiro atoms. The van der Waals surface area contributed by atoms with E-state index < -0.39 is 205 Å². The molecular formula is C88H128N26O19S. The van der Waals surface area contributed by atoms with E-state index in [1.807, 2.05) is 0 Å². The number of carbonyl (C=O) groups is 16. The molecule has 730 valence electrons. The maximum Gasteiger partial charge on any atom is 0.246 e. The predicted octanol–water partition coefficient (Wildman–Crippen LogP) is -4.99. The van der Waals surface area contributed by atoms with Gasteiger partial charge in [-0.3, -0.25) is 87.5 Å². The van der Waals surface area contributed by atoms with Gasteiger partial charge in [0.1, 0.15) is 84.9 Å². The van der Waals surface area contributed by atoms with Crippen molar-refractivity contribution in [2.75, 3.05) is 64.5 Å². The number of nitrogens with two attached hydrogens (primary N) is 6. The number of benzene rings is 4. The molecule has 46 heteroatoms. The molecule has 0 aliphatic carbocycles. The molecule has 0 aliphatic rings. The van der Waals surface area contributed by atoms with Gasteiger partial charge in [0.05, 0.1) is 19.3 Å². The number of amides is 16. The molecule has 0 aliphatic heterocycles. The summed E-state index contributed by atoms with van der Waals surface area (Å²) in [7, 11) is 0. The number of ether oxygens (including phenoxy) is 1. The van der Waals surface area contributed by atoms with Gasteiger partial charge in [-0.1, -0.05) is 78.9 Å². The Morgan fingerprint density at radius 1 is 0.418 bits per heavy atom. The summed E-state index contributed by atoms with van der Waals surface area (Å²) >= 11 is 1.06. The van der Waals surface area contributed by atoms with E-state index in [4.69, 9.17) is 50.0 Å². The van der Waals surface area contributed by atoms with Crippen LogP contribution in [0.15, 0.2) is 116 Å². The summed E-state index contributed by atoms with van der Waals surface area (Å²) in [6, 6.07) is 9.95. The summed E-state index contributed by atoms with van der Waals surface area (Å²) < 4.78 is 5.37.